The molecule has 0 saturated heterocycles. The first-order valence-electron chi connectivity index (χ1n) is 4.87. The smallest absolute Gasteiger partial charge is 0.294 e. The van der Waals surface area contributed by atoms with Gasteiger partial charge in [-0.2, -0.15) is 0 Å². The normalized spacial score (nSPS) is 14.9. The van der Waals surface area contributed by atoms with Crippen LogP contribution in [0.15, 0.2) is 12.1 Å². The Balaban J connectivity index is 2.55. The van der Waals surface area contributed by atoms with E-state index in [2.05, 4.69) is 0 Å². The van der Waals surface area contributed by atoms with E-state index in [0.29, 0.717) is 0 Å². The molecule has 0 fully saturated rings. The van der Waals surface area contributed by atoms with Crippen LogP contribution in [0, 0.1) is 10.1 Å². The number of rotatable bonds is 1. The van der Waals surface area contributed by atoms with Gasteiger partial charge >= 0.3 is 0 Å². The van der Waals surface area contributed by atoms with Crippen LogP contribution in [0.1, 0.15) is 12.0 Å². The van der Waals surface area contributed by atoms with Crippen LogP contribution in [0.25, 0.3) is 0 Å². The fraction of sp³-hybridized carbons (Fsp3) is 0.400. The molecule has 0 amide bonds. The lowest BCUT2D eigenvalue weighted by Gasteiger charge is -2.27. The standard InChI is InChI=1S/C10H13N3O2/c1-12-4-2-3-7-5-8(11)10(13(14)15)6-9(7)12/h5-6H,2-4,11H2,1H3. The van der Waals surface area contributed by atoms with Gasteiger partial charge in [-0.15, -0.1) is 0 Å². The maximum atomic E-state index is 10.7. The highest BCUT2D eigenvalue weighted by molar-refractivity contribution is 5.70. The van der Waals surface area contributed by atoms with Gasteiger partial charge < -0.3 is 10.6 Å². The number of benzene rings is 1. The molecule has 0 atom stereocenters. The molecule has 0 radical (unpaired) electrons. The van der Waals surface area contributed by atoms with Gasteiger partial charge in [0, 0.05) is 25.3 Å². The van der Waals surface area contributed by atoms with Gasteiger partial charge in [-0.25, -0.2) is 0 Å². The number of hydrogen-bond acceptors (Lipinski definition) is 4. The Bertz CT molecular complexity index is 417. The van der Waals surface area contributed by atoms with Gasteiger partial charge in [-0.3, -0.25) is 10.1 Å². The predicted molar refractivity (Wildman–Crippen MR) is 59.1 cm³/mol. The number of nitro groups is 1. The highest BCUT2D eigenvalue weighted by Crippen LogP contribution is 2.34. The summed E-state index contributed by atoms with van der Waals surface area (Å²) in [6.45, 7) is 0.939. The first-order chi connectivity index (χ1) is 7.09. The molecule has 0 spiro atoms. The molecule has 0 unspecified atom stereocenters. The number of aryl methyl sites for hydroxylation is 1. The van der Waals surface area contributed by atoms with E-state index in [1.54, 1.807) is 12.1 Å². The lowest BCUT2D eigenvalue weighted by atomic mass is 10.0. The van der Waals surface area contributed by atoms with Crippen molar-refractivity contribution in [2.24, 2.45) is 0 Å². The number of fused-ring (bicyclic) bond motifs is 1. The first-order valence-corrected chi connectivity index (χ1v) is 4.87. The maximum absolute atomic E-state index is 10.7. The van der Waals surface area contributed by atoms with Gasteiger partial charge in [-0.05, 0) is 24.5 Å². The Labute approximate surface area is 87.6 Å². The Hall–Kier alpha value is -1.78. The zero-order chi connectivity index (χ0) is 11.0. The van der Waals surface area contributed by atoms with E-state index in [-0.39, 0.29) is 11.4 Å². The summed E-state index contributed by atoms with van der Waals surface area (Å²) in [6.07, 6.45) is 2.02. The fourth-order valence-corrected chi connectivity index (χ4v) is 1.98. The van der Waals surface area contributed by atoms with Gasteiger partial charge in [0.05, 0.1) is 4.92 Å². The molecule has 0 bridgehead atoms. The molecule has 1 aliphatic heterocycles. The minimum Gasteiger partial charge on any atom is -0.393 e. The summed E-state index contributed by atoms with van der Waals surface area (Å²) in [6, 6.07) is 3.30. The van der Waals surface area contributed by atoms with Crippen molar-refractivity contribution in [1.29, 1.82) is 0 Å². The maximum Gasteiger partial charge on any atom is 0.294 e. The van der Waals surface area contributed by atoms with E-state index in [4.69, 9.17) is 5.73 Å². The van der Waals surface area contributed by atoms with Crippen LogP contribution in [0.5, 0.6) is 0 Å². The zero-order valence-corrected chi connectivity index (χ0v) is 8.56. The van der Waals surface area contributed by atoms with E-state index < -0.39 is 4.92 Å². The van der Waals surface area contributed by atoms with Crippen LogP contribution in [-0.4, -0.2) is 18.5 Å². The molecule has 15 heavy (non-hydrogen) atoms. The van der Waals surface area contributed by atoms with Crippen molar-refractivity contribution >= 4 is 17.1 Å². The molecule has 0 aromatic heterocycles. The Morgan fingerprint density at radius 2 is 2.27 bits per heavy atom. The van der Waals surface area contributed by atoms with Gasteiger partial charge in [-0.1, -0.05) is 0 Å². The van der Waals surface area contributed by atoms with E-state index in [1.807, 2.05) is 11.9 Å². The molecular formula is C10H13N3O2. The van der Waals surface area contributed by atoms with Gasteiger partial charge in [0.2, 0.25) is 0 Å². The van der Waals surface area contributed by atoms with E-state index in [9.17, 15) is 10.1 Å². The molecule has 1 aromatic rings. The number of nitrogens with two attached hydrogens (primary N) is 1. The number of hydrogen-bond donors (Lipinski definition) is 1. The average molecular weight is 207 g/mol. The number of anilines is 2. The molecular weight excluding hydrogens is 194 g/mol. The molecule has 80 valence electrons. The van der Waals surface area contributed by atoms with E-state index in [0.717, 1.165) is 30.6 Å². The number of nitro benzene ring substituents is 1. The van der Waals surface area contributed by atoms with Crippen LogP contribution < -0.4 is 10.6 Å². The summed E-state index contributed by atoms with van der Waals surface area (Å²) in [5.41, 5.74) is 7.93. The minimum atomic E-state index is -0.432. The lowest BCUT2D eigenvalue weighted by Crippen LogP contribution is -2.24. The average Bonchev–Trinajstić information content (AvgIpc) is 2.16. The predicted octanol–water partition coefficient (Wildman–Crippen LogP) is 1.56. The second-order valence-corrected chi connectivity index (χ2v) is 3.82. The molecule has 0 aliphatic carbocycles. The Morgan fingerprint density at radius 1 is 1.53 bits per heavy atom. The molecule has 1 heterocycles. The van der Waals surface area contributed by atoms with Crippen molar-refractivity contribution in [2.75, 3.05) is 24.2 Å². The molecule has 1 aromatic carbocycles. The third-order valence-electron chi connectivity index (χ3n) is 2.78. The van der Waals surface area contributed by atoms with Crippen LogP contribution in [0.2, 0.25) is 0 Å². The van der Waals surface area contributed by atoms with Gasteiger partial charge in [0.1, 0.15) is 5.69 Å². The monoisotopic (exact) mass is 207 g/mol. The van der Waals surface area contributed by atoms with Crippen molar-refractivity contribution in [1.82, 2.24) is 0 Å². The zero-order valence-electron chi connectivity index (χ0n) is 8.56. The summed E-state index contributed by atoms with van der Waals surface area (Å²) in [4.78, 5) is 12.3. The Morgan fingerprint density at radius 3 is 2.93 bits per heavy atom. The molecule has 0 saturated carbocycles. The van der Waals surface area contributed by atoms with Crippen LogP contribution in [-0.2, 0) is 6.42 Å². The lowest BCUT2D eigenvalue weighted by molar-refractivity contribution is -0.383. The van der Waals surface area contributed by atoms with E-state index >= 15 is 0 Å². The van der Waals surface area contributed by atoms with Crippen molar-refractivity contribution in [2.45, 2.75) is 12.8 Å². The van der Waals surface area contributed by atoms with Gasteiger partial charge in [0.15, 0.2) is 0 Å². The van der Waals surface area contributed by atoms with Crippen LogP contribution in [0.4, 0.5) is 17.1 Å². The largest absolute Gasteiger partial charge is 0.393 e. The second kappa shape index (κ2) is 3.42. The van der Waals surface area contributed by atoms with Gasteiger partial charge in [0.25, 0.3) is 5.69 Å². The van der Waals surface area contributed by atoms with Crippen molar-refractivity contribution in [3.63, 3.8) is 0 Å². The fourth-order valence-electron chi connectivity index (χ4n) is 1.98. The highest BCUT2D eigenvalue weighted by Gasteiger charge is 2.20. The SMILES string of the molecule is CN1CCCc2cc(N)c([N+](=O)[O-])cc21. The number of nitrogen functional groups attached to an aromatic ring is 1. The Kier molecular flexibility index (Phi) is 2.22. The molecule has 2 rings (SSSR count). The number of nitrogens with zero attached hydrogens (tertiary/aromatic N) is 2. The summed E-state index contributed by atoms with van der Waals surface area (Å²) in [7, 11) is 1.94. The molecule has 1 aliphatic rings. The highest BCUT2D eigenvalue weighted by atomic mass is 16.6. The molecule has 5 heteroatoms. The summed E-state index contributed by atoms with van der Waals surface area (Å²) in [5.74, 6) is 0. The van der Waals surface area contributed by atoms with Crippen molar-refractivity contribution in [3.05, 3.63) is 27.8 Å². The van der Waals surface area contributed by atoms with Crippen molar-refractivity contribution < 1.29 is 4.92 Å². The molecule has 2 N–H and O–H groups in total. The summed E-state index contributed by atoms with van der Waals surface area (Å²) in [5, 5.41) is 10.7. The minimum absolute atomic E-state index is 0.00231. The van der Waals surface area contributed by atoms with Crippen LogP contribution >= 0.6 is 0 Å². The summed E-state index contributed by atoms with van der Waals surface area (Å²) >= 11 is 0. The quantitative estimate of drug-likeness (QED) is 0.431. The third kappa shape index (κ3) is 1.60. The first kappa shape index (κ1) is 9.76. The van der Waals surface area contributed by atoms with Crippen LogP contribution in [0.3, 0.4) is 0 Å². The second-order valence-electron chi connectivity index (χ2n) is 3.82. The van der Waals surface area contributed by atoms with Crippen molar-refractivity contribution in [3.8, 4) is 0 Å². The molecule has 5 nitrogen and oxygen atoms in total. The topological polar surface area (TPSA) is 72.4 Å². The third-order valence-corrected chi connectivity index (χ3v) is 2.78. The summed E-state index contributed by atoms with van der Waals surface area (Å²) < 4.78 is 0. The van der Waals surface area contributed by atoms with E-state index in [1.165, 1.54) is 0 Å².